The molecule has 0 aliphatic carbocycles. The zero-order valence-corrected chi connectivity index (χ0v) is 19.7. The van der Waals surface area contributed by atoms with Crippen molar-refractivity contribution in [3.8, 4) is 16.9 Å². The highest BCUT2D eigenvalue weighted by molar-refractivity contribution is 6.33. The van der Waals surface area contributed by atoms with Gasteiger partial charge < -0.3 is 9.42 Å². The molecule has 1 saturated heterocycles. The van der Waals surface area contributed by atoms with Crippen LogP contribution in [0.25, 0.3) is 16.9 Å². The van der Waals surface area contributed by atoms with Gasteiger partial charge in [-0.1, -0.05) is 53.2 Å². The molecule has 8 nitrogen and oxygen atoms in total. The molecule has 2 aromatic carbocycles. The van der Waals surface area contributed by atoms with Gasteiger partial charge in [-0.15, -0.1) is 0 Å². The Hall–Kier alpha value is -3.65. The summed E-state index contributed by atoms with van der Waals surface area (Å²) in [5.74, 6) is 1.12. The van der Waals surface area contributed by atoms with Gasteiger partial charge in [0.15, 0.2) is 0 Å². The van der Waals surface area contributed by atoms with Gasteiger partial charge in [-0.25, -0.2) is 14.0 Å². The normalized spacial score (nSPS) is 14.5. The van der Waals surface area contributed by atoms with Gasteiger partial charge >= 0.3 is 5.69 Å². The minimum absolute atomic E-state index is 0.0600. The lowest BCUT2D eigenvalue weighted by Crippen LogP contribution is -2.39. The molecule has 9 heteroatoms. The van der Waals surface area contributed by atoms with Crippen LogP contribution in [0.3, 0.4) is 0 Å². The Morgan fingerprint density at radius 2 is 1.74 bits per heavy atom. The maximum atomic E-state index is 13.5. The number of halogens is 1. The molecule has 0 radical (unpaired) electrons. The van der Waals surface area contributed by atoms with Gasteiger partial charge in [-0.2, -0.15) is 5.10 Å². The number of likely N-dealkylation sites (tertiary alicyclic amines) is 1. The first-order valence-electron chi connectivity index (χ1n) is 11.2. The van der Waals surface area contributed by atoms with Crippen molar-refractivity contribution in [2.45, 2.75) is 25.7 Å². The fraction of sp³-hybridized carbons (Fsp3) is 0.280. The van der Waals surface area contributed by atoms with Gasteiger partial charge in [-0.3, -0.25) is 4.79 Å². The SMILES string of the molecule is Cc1onc(-c2ccccc2Cl)c1C(=O)N1CCC(c2nn(C)c(=O)n2-c2ccccc2)CC1. The number of carbonyl (C=O) groups is 1. The number of aryl methyl sites for hydroxylation is 2. The van der Waals surface area contributed by atoms with E-state index in [9.17, 15) is 9.59 Å². The van der Waals surface area contributed by atoms with Crippen LogP contribution in [-0.4, -0.2) is 43.4 Å². The molecule has 174 valence electrons. The van der Waals surface area contributed by atoms with Crippen LogP contribution in [0.2, 0.25) is 5.02 Å². The average Bonchev–Trinajstić information content (AvgIpc) is 3.38. The molecule has 0 atom stereocenters. The summed E-state index contributed by atoms with van der Waals surface area (Å²) in [6, 6.07) is 16.8. The summed E-state index contributed by atoms with van der Waals surface area (Å²) < 4.78 is 8.42. The summed E-state index contributed by atoms with van der Waals surface area (Å²) >= 11 is 6.35. The molecule has 0 bridgehead atoms. The van der Waals surface area contributed by atoms with Crippen LogP contribution >= 0.6 is 11.6 Å². The number of hydrogen-bond acceptors (Lipinski definition) is 5. The lowest BCUT2D eigenvalue weighted by atomic mass is 9.94. The van der Waals surface area contributed by atoms with Crippen LogP contribution < -0.4 is 5.69 Å². The number of nitrogens with zero attached hydrogens (tertiary/aromatic N) is 5. The van der Waals surface area contributed by atoms with E-state index in [2.05, 4.69) is 10.3 Å². The zero-order valence-electron chi connectivity index (χ0n) is 18.9. The van der Waals surface area contributed by atoms with Gasteiger partial charge in [0, 0.05) is 31.6 Å². The van der Waals surface area contributed by atoms with Crippen molar-refractivity contribution in [2.75, 3.05) is 13.1 Å². The smallest absolute Gasteiger partial charge is 0.350 e. The Labute approximate surface area is 201 Å². The Kier molecular flexibility index (Phi) is 5.83. The summed E-state index contributed by atoms with van der Waals surface area (Å²) in [6.45, 7) is 2.81. The molecule has 2 aromatic heterocycles. The van der Waals surface area contributed by atoms with E-state index in [1.807, 2.05) is 53.4 Å². The van der Waals surface area contributed by atoms with E-state index in [4.69, 9.17) is 16.1 Å². The maximum absolute atomic E-state index is 13.5. The molecule has 1 fully saturated rings. The van der Waals surface area contributed by atoms with Crippen molar-refractivity contribution in [3.63, 3.8) is 0 Å². The maximum Gasteiger partial charge on any atom is 0.350 e. The quantitative estimate of drug-likeness (QED) is 0.439. The number of carbonyl (C=O) groups excluding carboxylic acids is 1. The molecule has 4 aromatic rings. The summed E-state index contributed by atoms with van der Waals surface area (Å²) in [5.41, 5.74) is 2.17. The molecule has 3 heterocycles. The monoisotopic (exact) mass is 477 g/mol. The highest BCUT2D eigenvalue weighted by Crippen LogP contribution is 2.33. The fourth-order valence-electron chi connectivity index (χ4n) is 4.53. The molecule has 1 aliphatic rings. The van der Waals surface area contributed by atoms with Crippen molar-refractivity contribution in [3.05, 3.63) is 87.3 Å². The van der Waals surface area contributed by atoms with Gasteiger partial charge in [0.25, 0.3) is 5.91 Å². The lowest BCUT2D eigenvalue weighted by molar-refractivity contribution is 0.0709. The molecule has 0 N–H and O–H groups in total. The largest absolute Gasteiger partial charge is 0.360 e. The summed E-state index contributed by atoms with van der Waals surface area (Å²) in [5, 5.41) is 9.17. The molecule has 34 heavy (non-hydrogen) atoms. The average molecular weight is 478 g/mol. The van der Waals surface area contributed by atoms with E-state index in [0.29, 0.717) is 53.5 Å². The van der Waals surface area contributed by atoms with E-state index in [0.717, 1.165) is 11.5 Å². The van der Waals surface area contributed by atoms with Crippen molar-refractivity contribution in [1.29, 1.82) is 0 Å². The third kappa shape index (κ3) is 3.84. The van der Waals surface area contributed by atoms with Crippen LogP contribution in [-0.2, 0) is 7.05 Å². The van der Waals surface area contributed by atoms with Crippen LogP contribution in [0.15, 0.2) is 63.9 Å². The number of piperidine rings is 1. The number of para-hydroxylation sites is 1. The third-order valence-electron chi connectivity index (χ3n) is 6.32. The zero-order chi connectivity index (χ0) is 23.8. The van der Waals surface area contributed by atoms with Gasteiger partial charge in [0.1, 0.15) is 22.8 Å². The summed E-state index contributed by atoms with van der Waals surface area (Å²) in [4.78, 5) is 28.1. The molecule has 0 unspecified atom stereocenters. The molecule has 5 rings (SSSR count). The number of hydrogen-bond donors (Lipinski definition) is 0. The van der Waals surface area contributed by atoms with Gasteiger partial charge in [-0.05, 0) is 38.0 Å². The Balaban J connectivity index is 1.39. The molecule has 0 spiro atoms. The second-order valence-corrected chi connectivity index (χ2v) is 8.85. The molecule has 1 aliphatic heterocycles. The summed E-state index contributed by atoms with van der Waals surface area (Å²) in [6.07, 6.45) is 1.39. The number of amides is 1. The Morgan fingerprint density at radius 3 is 2.44 bits per heavy atom. The van der Waals surface area contributed by atoms with E-state index in [1.54, 1.807) is 24.6 Å². The molecule has 1 amide bonds. The first-order valence-corrected chi connectivity index (χ1v) is 11.6. The van der Waals surface area contributed by atoms with Crippen molar-refractivity contribution >= 4 is 17.5 Å². The van der Waals surface area contributed by atoms with Gasteiger partial charge in [0.05, 0.1) is 10.7 Å². The molecule has 0 saturated carbocycles. The second kappa shape index (κ2) is 8.95. The van der Waals surface area contributed by atoms with Crippen LogP contribution in [0.5, 0.6) is 0 Å². The van der Waals surface area contributed by atoms with Crippen LogP contribution in [0, 0.1) is 6.92 Å². The predicted octanol–water partition coefficient (Wildman–Crippen LogP) is 4.21. The minimum atomic E-state index is -0.177. The number of rotatable bonds is 4. The minimum Gasteiger partial charge on any atom is -0.360 e. The Bertz CT molecular complexity index is 1400. The second-order valence-electron chi connectivity index (χ2n) is 8.44. The highest BCUT2D eigenvalue weighted by atomic mass is 35.5. The first kappa shape index (κ1) is 22.2. The first-order chi connectivity index (χ1) is 16.5. The van der Waals surface area contributed by atoms with Gasteiger partial charge in [0.2, 0.25) is 0 Å². The number of benzene rings is 2. The van der Waals surface area contributed by atoms with Crippen LogP contribution in [0.4, 0.5) is 0 Å². The Morgan fingerprint density at radius 1 is 1.06 bits per heavy atom. The van der Waals surface area contributed by atoms with E-state index >= 15 is 0 Å². The summed E-state index contributed by atoms with van der Waals surface area (Å²) in [7, 11) is 1.66. The number of aromatic nitrogens is 4. The topological polar surface area (TPSA) is 86.2 Å². The van der Waals surface area contributed by atoms with Crippen molar-refractivity contribution in [2.24, 2.45) is 7.05 Å². The van der Waals surface area contributed by atoms with E-state index in [-0.39, 0.29) is 17.5 Å². The van der Waals surface area contributed by atoms with Crippen LogP contribution in [0.1, 0.15) is 40.7 Å². The lowest BCUT2D eigenvalue weighted by Gasteiger charge is -2.31. The predicted molar refractivity (Wildman–Crippen MR) is 128 cm³/mol. The highest BCUT2D eigenvalue weighted by Gasteiger charge is 2.32. The third-order valence-corrected chi connectivity index (χ3v) is 6.65. The van der Waals surface area contributed by atoms with E-state index < -0.39 is 0 Å². The molecular formula is C25H24ClN5O3. The van der Waals surface area contributed by atoms with Crippen molar-refractivity contribution in [1.82, 2.24) is 24.4 Å². The molecular weight excluding hydrogens is 454 g/mol. The standard InChI is InChI=1S/C25H24ClN5O3/c1-16-21(22(28-34-16)19-10-6-7-11-20(19)26)24(32)30-14-12-17(13-15-30)23-27-29(2)25(33)31(23)18-8-4-3-5-9-18/h3-11,17H,12-15H2,1-2H3. The fourth-order valence-corrected chi connectivity index (χ4v) is 4.75. The van der Waals surface area contributed by atoms with E-state index in [1.165, 1.54) is 4.68 Å². The van der Waals surface area contributed by atoms with Crippen molar-refractivity contribution < 1.29 is 9.32 Å².